The van der Waals surface area contributed by atoms with Gasteiger partial charge in [-0.1, -0.05) is 70.9 Å². The van der Waals surface area contributed by atoms with Crippen molar-refractivity contribution in [3.05, 3.63) is 67.6 Å². The number of aldehydes is 1. The van der Waals surface area contributed by atoms with E-state index in [1.54, 1.807) is 6.07 Å². The minimum absolute atomic E-state index is 0.250. The molecule has 176 valence electrons. The van der Waals surface area contributed by atoms with E-state index in [-0.39, 0.29) is 12.3 Å². The Labute approximate surface area is 212 Å². The van der Waals surface area contributed by atoms with Crippen molar-refractivity contribution >= 4 is 57.7 Å². The summed E-state index contributed by atoms with van der Waals surface area (Å²) in [5.74, 6) is 1.27. The number of carbonyl (C=O) groups excluding carboxylic acids is 5. The molecular weight excluding hydrogens is 531 g/mol. The van der Waals surface area contributed by atoms with Gasteiger partial charge in [-0.15, -0.1) is 0 Å². The van der Waals surface area contributed by atoms with E-state index in [0.717, 1.165) is 31.9 Å². The molecule has 2 saturated carbocycles. The van der Waals surface area contributed by atoms with Crippen LogP contribution in [0.3, 0.4) is 0 Å². The summed E-state index contributed by atoms with van der Waals surface area (Å²) in [6.45, 7) is 0. The quantitative estimate of drug-likeness (QED) is 0.368. The van der Waals surface area contributed by atoms with Crippen molar-refractivity contribution in [2.45, 2.75) is 63.2 Å². The van der Waals surface area contributed by atoms with E-state index in [9.17, 15) is 4.79 Å². The van der Waals surface area contributed by atoms with Crippen LogP contribution < -0.4 is 0 Å². The summed E-state index contributed by atoms with van der Waals surface area (Å²) in [6.07, 6.45) is 11.7. The molecule has 2 fully saturated rings. The minimum Gasteiger partial charge on any atom is -0.298 e. The Balaban J connectivity index is 0.000000268. The van der Waals surface area contributed by atoms with Crippen molar-refractivity contribution in [1.82, 2.24) is 0 Å². The second kappa shape index (κ2) is 16.5. The molecule has 2 aliphatic rings. The first-order chi connectivity index (χ1) is 15.9. The van der Waals surface area contributed by atoms with Gasteiger partial charge < -0.3 is 0 Å². The van der Waals surface area contributed by atoms with Gasteiger partial charge in [0.05, 0.1) is 0 Å². The molecule has 0 heterocycles. The van der Waals surface area contributed by atoms with Crippen LogP contribution in [-0.4, -0.2) is 18.6 Å². The molecule has 8 heteroatoms. The standard InChI is InChI=1S/C12H13ClO.C11H12BrCl.2CO2/c13-12-6-5-9(8-14)7-11(12)10-3-1-2-4-10;12-9-5-6-11(13)10(7-9)8-3-1-2-4-8;2*2-1-3/h5-8,10H,1-4H2;5-8H,1-4H2;;. The van der Waals surface area contributed by atoms with Crippen LogP contribution in [0.25, 0.3) is 0 Å². The van der Waals surface area contributed by atoms with Crippen LogP contribution in [-0.2, 0) is 19.2 Å². The third-order valence-electron chi connectivity index (χ3n) is 5.70. The van der Waals surface area contributed by atoms with Crippen LogP contribution in [0.4, 0.5) is 0 Å². The van der Waals surface area contributed by atoms with Crippen molar-refractivity contribution in [2.24, 2.45) is 0 Å². The molecule has 33 heavy (non-hydrogen) atoms. The third-order valence-corrected chi connectivity index (χ3v) is 6.89. The Morgan fingerprint density at radius 3 is 1.55 bits per heavy atom. The Hall–Kier alpha value is -2.07. The van der Waals surface area contributed by atoms with Gasteiger partial charge in [-0.05, 0) is 79.0 Å². The molecule has 0 atom stereocenters. The van der Waals surface area contributed by atoms with Crippen molar-refractivity contribution < 1.29 is 24.0 Å². The lowest BCUT2D eigenvalue weighted by molar-refractivity contribution is -0.193. The highest BCUT2D eigenvalue weighted by Crippen LogP contribution is 2.39. The zero-order valence-electron chi connectivity index (χ0n) is 18.0. The zero-order valence-corrected chi connectivity index (χ0v) is 21.1. The summed E-state index contributed by atoms with van der Waals surface area (Å²) in [6, 6.07) is 11.7. The maximum absolute atomic E-state index is 10.6. The highest BCUT2D eigenvalue weighted by atomic mass is 79.9. The Kier molecular flexibility index (Phi) is 14.5. The van der Waals surface area contributed by atoms with Crippen molar-refractivity contribution in [2.75, 3.05) is 0 Å². The molecule has 0 radical (unpaired) electrons. The fourth-order valence-corrected chi connectivity index (χ4v) is 5.17. The smallest absolute Gasteiger partial charge is 0.298 e. The molecule has 2 aromatic carbocycles. The van der Waals surface area contributed by atoms with Gasteiger partial charge in [0, 0.05) is 20.1 Å². The normalized spacial score (nSPS) is 14.9. The zero-order chi connectivity index (χ0) is 24.6. The van der Waals surface area contributed by atoms with Gasteiger partial charge in [-0.25, -0.2) is 0 Å². The van der Waals surface area contributed by atoms with Crippen LogP contribution >= 0.6 is 39.1 Å². The molecule has 0 spiro atoms. The van der Waals surface area contributed by atoms with E-state index < -0.39 is 0 Å². The molecule has 0 amide bonds. The third kappa shape index (κ3) is 10.2. The van der Waals surface area contributed by atoms with E-state index in [0.29, 0.717) is 11.8 Å². The molecule has 2 aromatic rings. The number of hydrogen-bond acceptors (Lipinski definition) is 5. The van der Waals surface area contributed by atoms with Crippen LogP contribution in [0.1, 0.15) is 84.7 Å². The van der Waals surface area contributed by atoms with Gasteiger partial charge in [-0.2, -0.15) is 19.2 Å². The predicted molar refractivity (Wildman–Crippen MR) is 128 cm³/mol. The van der Waals surface area contributed by atoms with Crippen LogP contribution in [0.5, 0.6) is 0 Å². The first kappa shape index (κ1) is 29.0. The molecular formula is C25H25BrCl2O5. The molecule has 5 nitrogen and oxygen atoms in total. The summed E-state index contributed by atoms with van der Waals surface area (Å²) >= 11 is 15.8. The minimum atomic E-state index is 0.250. The van der Waals surface area contributed by atoms with Gasteiger partial charge in [0.2, 0.25) is 0 Å². The number of carbonyl (C=O) groups is 1. The second-order valence-electron chi connectivity index (χ2n) is 7.69. The van der Waals surface area contributed by atoms with Gasteiger partial charge >= 0.3 is 12.3 Å². The van der Waals surface area contributed by atoms with E-state index in [1.165, 1.54) is 56.9 Å². The predicted octanol–water partition coefficient (Wildman–Crippen LogP) is 7.40. The number of benzene rings is 2. The van der Waals surface area contributed by atoms with Crippen LogP contribution in [0.2, 0.25) is 10.0 Å². The monoisotopic (exact) mass is 554 g/mol. The first-order valence-corrected chi connectivity index (χ1v) is 12.1. The SMILES string of the molecule is Clc1ccc(Br)cc1C1CCCC1.O=C=O.O=C=O.O=Cc1ccc(Cl)c(C2CCCC2)c1. The molecule has 0 N–H and O–H groups in total. The summed E-state index contributed by atoms with van der Waals surface area (Å²) in [7, 11) is 0. The molecule has 0 aliphatic heterocycles. The Bertz CT molecular complexity index is 943. The van der Waals surface area contributed by atoms with Gasteiger partial charge in [0.15, 0.2) is 0 Å². The maximum atomic E-state index is 10.6. The van der Waals surface area contributed by atoms with Gasteiger partial charge in [0.1, 0.15) is 6.29 Å². The molecule has 4 rings (SSSR count). The lowest BCUT2D eigenvalue weighted by Gasteiger charge is -2.11. The largest absolute Gasteiger partial charge is 0.373 e. The van der Waals surface area contributed by atoms with Crippen LogP contribution in [0, 0.1) is 0 Å². The summed E-state index contributed by atoms with van der Waals surface area (Å²) in [4.78, 5) is 43.1. The lowest BCUT2D eigenvalue weighted by Crippen LogP contribution is -1.95. The van der Waals surface area contributed by atoms with Gasteiger partial charge in [-0.3, -0.25) is 4.79 Å². The average molecular weight is 556 g/mol. The fraction of sp³-hybridized carbons (Fsp3) is 0.400. The van der Waals surface area contributed by atoms with E-state index >= 15 is 0 Å². The van der Waals surface area contributed by atoms with E-state index in [1.807, 2.05) is 24.3 Å². The van der Waals surface area contributed by atoms with E-state index in [4.69, 9.17) is 42.4 Å². The molecule has 0 saturated heterocycles. The summed E-state index contributed by atoms with van der Waals surface area (Å²) in [5.41, 5.74) is 3.22. The molecule has 0 aromatic heterocycles. The highest BCUT2D eigenvalue weighted by Gasteiger charge is 2.20. The lowest BCUT2D eigenvalue weighted by atomic mass is 9.96. The molecule has 2 aliphatic carbocycles. The van der Waals surface area contributed by atoms with Crippen LogP contribution in [0.15, 0.2) is 40.9 Å². The first-order valence-electron chi connectivity index (χ1n) is 10.6. The van der Waals surface area contributed by atoms with Crippen molar-refractivity contribution in [3.63, 3.8) is 0 Å². The van der Waals surface area contributed by atoms with Gasteiger partial charge in [0.25, 0.3) is 0 Å². The highest BCUT2D eigenvalue weighted by molar-refractivity contribution is 9.10. The summed E-state index contributed by atoms with van der Waals surface area (Å²) in [5, 5.41) is 1.73. The average Bonchev–Trinajstić information content (AvgIpc) is 3.52. The Morgan fingerprint density at radius 1 is 0.727 bits per heavy atom. The Morgan fingerprint density at radius 2 is 1.12 bits per heavy atom. The topological polar surface area (TPSA) is 85.3 Å². The second-order valence-corrected chi connectivity index (χ2v) is 9.42. The number of halogens is 3. The molecule has 0 bridgehead atoms. The number of rotatable bonds is 3. The van der Waals surface area contributed by atoms with Crippen molar-refractivity contribution in [3.8, 4) is 0 Å². The number of hydrogen-bond donors (Lipinski definition) is 0. The van der Waals surface area contributed by atoms with E-state index in [2.05, 4.69) is 22.0 Å². The summed E-state index contributed by atoms with van der Waals surface area (Å²) < 4.78 is 1.14. The fourth-order valence-electron chi connectivity index (χ4n) is 4.25. The van der Waals surface area contributed by atoms with Crippen molar-refractivity contribution in [1.29, 1.82) is 0 Å². The molecule has 0 unspecified atom stereocenters. The maximum Gasteiger partial charge on any atom is 0.373 e.